The van der Waals surface area contributed by atoms with Crippen LogP contribution in [-0.2, 0) is 10.0 Å². The van der Waals surface area contributed by atoms with E-state index in [0.717, 1.165) is 5.41 Å². The number of hydrogen-bond acceptors (Lipinski definition) is 9. The monoisotopic (exact) mass is 534 g/mol. The molecule has 0 radical (unpaired) electrons. The molecule has 4 rings (SSSR count). The topological polar surface area (TPSA) is 143 Å². The summed E-state index contributed by atoms with van der Waals surface area (Å²) in [6, 6.07) is 21.2. The van der Waals surface area contributed by atoms with Crippen LogP contribution >= 0.6 is 0 Å². The maximum atomic E-state index is 13.0. The van der Waals surface area contributed by atoms with E-state index in [4.69, 9.17) is 14.2 Å². The zero-order chi connectivity index (χ0) is 27.1. The van der Waals surface area contributed by atoms with Crippen LogP contribution in [0.3, 0.4) is 0 Å². The highest BCUT2D eigenvalue weighted by Gasteiger charge is 2.23. The number of para-hydroxylation sites is 2. The average molecular weight is 535 g/mol. The Labute approximate surface area is 218 Å². The van der Waals surface area contributed by atoms with E-state index in [1.807, 2.05) is 6.07 Å². The number of nitro benzene ring substituents is 1. The molecule has 0 saturated carbocycles. The van der Waals surface area contributed by atoms with Gasteiger partial charge in [-0.05, 0) is 23.8 Å². The van der Waals surface area contributed by atoms with Crippen LogP contribution in [0.1, 0.15) is 5.56 Å². The Morgan fingerprint density at radius 2 is 1.61 bits per heavy atom. The first-order valence-corrected chi connectivity index (χ1v) is 12.6. The molecule has 11 nitrogen and oxygen atoms in total. The molecule has 1 aromatic heterocycles. The molecule has 1 heterocycles. The number of non-ortho nitro benzene ring substituents is 1. The van der Waals surface area contributed by atoms with Crippen molar-refractivity contribution >= 4 is 27.6 Å². The zero-order valence-electron chi connectivity index (χ0n) is 20.3. The predicted octanol–water partition coefficient (Wildman–Crippen LogP) is 5.27. The van der Waals surface area contributed by atoms with E-state index >= 15 is 0 Å². The van der Waals surface area contributed by atoms with E-state index in [9.17, 15) is 18.5 Å². The van der Waals surface area contributed by atoms with Crippen LogP contribution in [0.2, 0.25) is 0 Å². The molecule has 194 valence electrons. The summed E-state index contributed by atoms with van der Waals surface area (Å²) >= 11 is 0. The van der Waals surface area contributed by atoms with Crippen LogP contribution in [0.5, 0.6) is 23.1 Å². The minimum absolute atomic E-state index is 0.0253. The third kappa shape index (κ3) is 6.23. The molecule has 38 heavy (non-hydrogen) atoms. The first kappa shape index (κ1) is 26.1. The number of aromatic nitrogens is 2. The molecular weight excluding hydrogens is 512 g/mol. The number of nitro groups is 1. The Kier molecular flexibility index (Phi) is 7.83. The number of hydrogen-bond donors (Lipinski definition) is 1. The summed E-state index contributed by atoms with van der Waals surface area (Å²) in [6.45, 7) is 0. The lowest BCUT2D eigenvalue weighted by atomic mass is 10.2. The molecule has 0 fully saturated rings. The average Bonchev–Trinajstić information content (AvgIpc) is 2.93. The van der Waals surface area contributed by atoms with Gasteiger partial charge in [-0.15, -0.1) is 0 Å². The number of nitrogens with zero attached hydrogens (tertiary/aromatic N) is 3. The highest BCUT2D eigenvalue weighted by atomic mass is 32.2. The number of benzene rings is 3. The zero-order valence-corrected chi connectivity index (χ0v) is 21.1. The summed E-state index contributed by atoms with van der Waals surface area (Å²) in [5, 5.41) is 12.3. The fourth-order valence-corrected chi connectivity index (χ4v) is 4.14. The van der Waals surface area contributed by atoms with E-state index in [1.165, 1.54) is 38.5 Å². The summed E-state index contributed by atoms with van der Waals surface area (Å²) < 4.78 is 45.2. The lowest BCUT2D eigenvalue weighted by Crippen LogP contribution is -2.13. The third-order valence-electron chi connectivity index (χ3n) is 5.10. The number of rotatable bonds is 10. The molecule has 1 N–H and O–H groups in total. The number of anilines is 1. The number of ether oxygens (including phenoxy) is 3. The van der Waals surface area contributed by atoms with Gasteiger partial charge in [0.05, 0.1) is 24.6 Å². The van der Waals surface area contributed by atoms with Crippen LogP contribution in [0.4, 0.5) is 11.5 Å². The van der Waals surface area contributed by atoms with E-state index in [-0.39, 0.29) is 40.3 Å². The van der Waals surface area contributed by atoms with Gasteiger partial charge in [-0.1, -0.05) is 54.6 Å². The SMILES string of the molecule is COc1ccccc1Oc1c(NS(=O)(=O)C=Cc2ccccc2)nc(-c2cccc([N+](=O)[O-])c2)nc1OC. The summed E-state index contributed by atoms with van der Waals surface area (Å²) in [4.78, 5) is 19.4. The second-order valence-corrected chi connectivity index (χ2v) is 9.22. The molecule has 0 aliphatic carbocycles. The normalized spacial score (nSPS) is 11.2. The number of nitrogens with one attached hydrogen (secondary N) is 1. The van der Waals surface area contributed by atoms with Crippen molar-refractivity contribution in [3.8, 4) is 34.5 Å². The molecular formula is C26H22N4O7S. The van der Waals surface area contributed by atoms with Crippen molar-refractivity contribution in [2.24, 2.45) is 0 Å². The number of methoxy groups -OCH3 is 2. The van der Waals surface area contributed by atoms with Crippen LogP contribution in [-0.4, -0.2) is 37.5 Å². The Bertz CT molecular complexity index is 1590. The van der Waals surface area contributed by atoms with Gasteiger partial charge in [0.25, 0.3) is 21.6 Å². The molecule has 0 atom stereocenters. The summed E-state index contributed by atoms with van der Waals surface area (Å²) in [7, 11) is -1.33. The van der Waals surface area contributed by atoms with Crippen molar-refractivity contribution < 1.29 is 27.6 Å². The van der Waals surface area contributed by atoms with Crippen LogP contribution in [0, 0.1) is 10.1 Å². The van der Waals surface area contributed by atoms with Crippen molar-refractivity contribution in [2.75, 3.05) is 18.9 Å². The highest BCUT2D eigenvalue weighted by molar-refractivity contribution is 7.95. The number of sulfonamides is 1. The molecule has 0 aliphatic heterocycles. The molecule has 4 aromatic rings. The van der Waals surface area contributed by atoms with Gasteiger partial charge in [0.2, 0.25) is 5.75 Å². The van der Waals surface area contributed by atoms with Gasteiger partial charge in [0.1, 0.15) is 0 Å². The fraction of sp³-hybridized carbons (Fsp3) is 0.0769. The van der Waals surface area contributed by atoms with Crippen molar-refractivity contribution in [3.05, 3.63) is 99.9 Å². The third-order valence-corrected chi connectivity index (χ3v) is 6.07. The van der Waals surface area contributed by atoms with Gasteiger partial charge in [0, 0.05) is 17.7 Å². The second-order valence-electron chi connectivity index (χ2n) is 7.66. The molecule has 0 unspecified atom stereocenters. The lowest BCUT2D eigenvalue weighted by molar-refractivity contribution is -0.384. The van der Waals surface area contributed by atoms with Gasteiger partial charge in [-0.3, -0.25) is 14.8 Å². The van der Waals surface area contributed by atoms with Crippen molar-refractivity contribution in [1.82, 2.24) is 9.97 Å². The van der Waals surface area contributed by atoms with Crippen LogP contribution < -0.4 is 18.9 Å². The smallest absolute Gasteiger partial charge is 0.270 e. The second kappa shape index (κ2) is 11.4. The highest BCUT2D eigenvalue weighted by Crippen LogP contribution is 2.41. The van der Waals surface area contributed by atoms with E-state index in [2.05, 4.69) is 14.7 Å². The quantitative estimate of drug-likeness (QED) is 0.212. The minimum atomic E-state index is -4.10. The molecule has 0 bridgehead atoms. The first-order chi connectivity index (χ1) is 18.3. The molecule has 0 spiro atoms. The van der Waals surface area contributed by atoms with Crippen molar-refractivity contribution in [3.63, 3.8) is 0 Å². The summed E-state index contributed by atoms with van der Waals surface area (Å²) in [6.07, 6.45) is 1.42. The fourth-order valence-electron chi connectivity index (χ4n) is 3.33. The summed E-state index contributed by atoms with van der Waals surface area (Å²) in [5.74, 6) is 0.0972. The largest absolute Gasteiger partial charge is 0.493 e. The van der Waals surface area contributed by atoms with Crippen molar-refractivity contribution in [2.45, 2.75) is 0 Å². The molecule has 0 saturated heterocycles. The minimum Gasteiger partial charge on any atom is -0.493 e. The van der Waals surface area contributed by atoms with E-state index in [0.29, 0.717) is 11.3 Å². The van der Waals surface area contributed by atoms with Gasteiger partial charge in [-0.2, -0.15) is 4.98 Å². The maximum Gasteiger partial charge on any atom is 0.270 e. The molecule has 12 heteroatoms. The lowest BCUT2D eigenvalue weighted by Gasteiger charge is -2.16. The van der Waals surface area contributed by atoms with Crippen LogP contribution in [0.25, 0.3) is 17.5 Å². The van der Waals surface area contributed by atoms with Gasteiger partial charge in [0.15, 0.2) is 23.1 Å². The van der Waals surface area contributed by atoms with Gasteiger partial charge >= 0.3 is 0 Å². The van der Waals surface area contributed by atoms with Gasteiger partial charge < -0.3 is 14.2 Å². The Balaban J connectivity index is 1.83. The molecule has 3 aromatic carbocycles. The van der Waals surface area contributed by atoms with Crippen LogP contribution in [0.15, 0.2) is 84.3 Å². The Morgan fingerprint density at radius 1 is 0.895 bits per heavy atom. The van der Waals surface area contributed by atoms with E-state index < -0.39 is 14.9 Å². The van der Waals surface area contributed by atoms with E-state index in [1.54, 1.807) is 54.6 Å². The predicted molar refractivity (Wildman–Crippen MR) is 142 cm³/mol. The molecule has 0 aliphatic rings. The first-order valence-electron chi connectivity index (χ1n) is 11.1. The standard InChI is InChI=1S/C26H22N4O7S/c1-35-21-13-6-7-14-22(21)37-23-25(29-38(33,34)16-15-18-9-4-3-5-10-18)27-24(28-26(23)36-2)19-11-8-12-20(17-19)30(31)32/h3-17H,1-2H3,(H,27,28,29). The van der Waals surface area contributed by atoms with Crippen molar-refractivity contribution in [1.29, 1.82) is 0 Å². The molecule has 0 amide bonds. The maximum absolute atomic E-state index is 13.0. The van der Waals surface area contributed by atoms with Gasteiger partial charge in [-0.25, -0.2) is 13.4 Å². The summed E-state index contributed by atoms with van der Waals surface area (Å²) in [5.41, 5.74) is 0.745. The Hall–Kier alpha value is -4.97. The Morgan fingerprint density at radius 3 is 2.29 bits per heavy atom.